The van der Waals surface area contributed by atoms with Gasteiger partial charge in [-0.25, -0.2) is 4.79 Å². The second-order valence-corrected chi connectivity index (χ2v) is 17.5. The number of rotatable bonds is 25. The van der Waals surface area contributed by atoms with Gasteiger partial charge in [0.1, 0.15) is 85.4 Å². The van der Waals surface area contributed by atoms with Crippen molar-refractivity contribution in [1.29, 1.82) is 0 Å². The van der Waals surface area contributed by atoms with Crippen molar-refractivity contribution in [3.05, 3.63) is 0 Å². The van der Waals surface area contributed by atoms with Crippen molar-refractivity contribution >= 4 is 29.7 Å². The van der Waals surface area contributed by atoms with Crippen LogP contribution in [-0.2, 0) is 61.9 Å². The molecule has 29 heteroatoms. The van der Waals surface area contributed by atoms with Crippen molar-refractivity contribution in [2.24, 2.45) is 0 Å². The van der Waals surface area contributed by atoms with Crippen LogP contribution in [0.3, 0.4) is 0 Å². The fraction of sp³-hybridized carbons (Fsp3) is 0.878. The SMILES string of the molecule is CC(=O)N[C@@H]1[C@H](OCCCCCCNC(=O)CCC(=O)O)O[C@@H](CO)[C@@H](O[C@@H]2O[C@@H](CO)[C@H](O)[C@H](O[C@]3(C(=O)O)C[C@@H](O)[C@@H](NC(C)=O)[C@H]([C@H](O)[C@H](O)CO)O3)[C@@H]2O)[C@@H]1O[C@@H]1O[C@@H](C)[C@@H](O)[C@H](O)[C@@H]1O. The molecule has 0 bridgehead atoms. The zero-order chi connectivity index (χ0) is 52.2. The maximum Gasteiger partial charge on any atom is 0.364 e. The van der Waals surface area contributed by atoms with Gasteiger partial charge in [-0.05, 0) is 19.8 Å². The highest BCUT2D eigenvalue weighted by Crippen LogP contribution is 2.39. The Morgan fingerprint density at radius 3 is 1.89 bits per heavy atom. The van der Waals surface area contributed by atoms with Crippen LogP contribution in [0.25, 0.3) is 0 Å². The second-order valence-electron chi connectivity index (χ2n) is 17.5. The number of aliphatic hydroxyl groups is 11. The highest BCUT2D eigenvalue weighted by molar-refractivity contribution is 5.80. The Bertz CT molecular complexity index is 1700. The van der Waals surface area contributed by atoms with E-state index in [4.69, 9.17) is 43.0 Å². The molecule has 0 unspecified atom stereocenters. The summed E-state index contributed by atoms with van der Waals surface area (Å²) in [6, 6.07) is -3.10. The van der Waals surface area contributed by atoms with Gasteiger partial charge in [-0.3, -0.25) is 19.2 Å². The quantitative estimate of drug-likeness (QED) is 0.0378. The molecule has 16 N–H and O–H groups in total. The Morgan fingerprint density at radius 1 is 0.686 bits per heavy atom. The van der Waals surface area contributed by atoms with Crippen molar-refractivity contribution in [2.45, 2.75) is 194 Å². The molecule has 3 amide bonds. The molecule has 0 aliphatic carbocycles. The van der Waals surface area contributed by atoms with Gasteiger partial charge in [-0.2, -0.15) is 0 Å². The molecular weight excluding hydrogens is 950 g/mol. The van der Waals surface area contributed by atoms with E-state index in [-0.39, 0.29) is 26.0 Å². The van der Waals surface area contributed by atoms with E-state index in [1.54, 1.807) is 0 Å². The van der Waals surface area contributed by atoms with Crippen LogP contribution in [0.2, 0.25) is 0 Å². The number of carbonyl (C=O) groups is 5. The summed E-state index contributed by atoms with van der Waals surface area (Å²) in [7, 11) is 0. The van der Waals surface area contributed by atoms with Gasteiger partial charge in [0.2, 0.25) is 17.7 Å². The third kappa shape index (κ3) is 15.1. The standard InChI is InChI=1S/C41H69N3O26/c1-16-27(55)30(58)31(59)38(64-16)68-35-26(44-18(3)49)37(63-11-7-5-4-6-10-42-23(52)8-9-24(53)54)66-22(15-47)33(35)67-39-32(60)36(29(57)21(14-46)65-39)70-41(40(61)62)12-19(50)25(43-17(2)48)34(69-41)28(56)20(51)13-45/h16,19-22,25-39,45-47,50-51,55-60H,4-15H2,1-3H3,(H,42,52)(H,43,48)(H,44,49)(H,53,54)(H,61,62)/t16-,19+,20+,21-,22-,25+,26-,27+,28+,29-,30-,31-,32-,33+,34+,35+,36-,37+,38-,39-,41-/m0/s1. The number of unbranched alkanes of at least 4 members (excludes halogenated alkanes) is 3. The van der Waals surface area contributed by atoms with E-state index in [0.717, 1.165) is 13.8 Å². The summed E-state index contributed by atoms with van der Waals surface area (Å²) in [5.74, 6) is -8.20. The Labute approximate surface area is 400 Å². The first-order valence-corrected chi connectivity index (χ1v) is 22.8. The predicted molar refractivity (Wildman–Crippen MR) is 225 cm³/mol. The monoisotopic (exact) mass is 1020 g/mol. The lowest BCUT2D eigenvalue weighted by atomic mass is 9.88. The molecule has 4 rings (SSSR count). The molecule has 29 nitrogen and oxygen atoms in total. The number of carboxylic acids is 2. The molecule has 0 aromatic heterocycles. The van der Waals surface area contributed by atoms with Crippen LogP contribution >= 0.6 is 0 Å². The summed E-state index contributed by atoms with van der Waals surface area (Å²) >= 11 is 0. The number of carbonyl (C=O) groups excluding carboxylic acids is 3. The zero-order valence-corrected chi connectivity index (χ0v) is 38.7. The largest absolute Gasteiger partial charge is 0.481 e. The summed E-state index contributed by atoms with van der Waals surface area (Å²) < 4.78 is 47.3. The fourth-order valence-electron chi connectivity index (χ4n) is 8.43. The van der Waals surface area contributed by atoms with Crippen molar-refractivity contribution in [1.82, 2.24) is 16.0 Å². The summed E-state index contributed by atoms with van der Waals surface area (Å²) in [5, 5.41) is 145. The molecule has 4 aliphatic rings. The Morgan fingerprint density at radius 2 is 1.29 bits per heavy atom. The molecule has 0 radical (unpaired) electrons. The van der Waals surface area contributed by atoms with Gasteiger partial charge in [0.15, 0.2) is 18.9 Å². The van der Waals surface area contributed by atoms with Gasteiger partial charge in [-0.15, -0.1) is 0 Å². The van der Waals surface area contributed by atoms with E-state index in [0.29, 0.717) is 25.7 Å². The molecule has 0 saturated carbocycles. The number of ether oxygens (including phenoxy) is 8. The minimum Gasteiger partial charge on any atom is -0.481 e. The van der Waals surface area contributed by atoms with Gasteiger partial charge in [0.25, 0.3) is 5.79 Å². The fourth-order valence-corrected chi connectivity index (χ4v) is 8.43. The van der Waals surface area contributed by atoms with E-state index in [1.165, 1.54) is 6.92 Å². The predicted octanol–water partition coefficient (Wildman–Crippen LogP) is -7.66. The van der Waals surface area contributed by atoms with Crippen LogP contribution in [0, 0.1) is 0 Å². The maximum atomic E-state index is 13.1. The average Bonchev–Trinajstić information content (AvgIpc) is 3.30. The summed E-state index contributed by atoms with van der Waals surface area (Å²) in [4.78, 5) is 60.4. The van der Waals surface area contributed by atoms with Gasteiger partial charge in [0.05, 0.1) is 44.5 Å². The van der Waals surface area contributed by atoms with Crippen LogP contribution in [0.15, 0.2) is 0 Å². The first kappa shape index (κ1) is 59.2. The van der Waals surface area contributed by atoms with E-state index >= 15 is 0 Å². The summed E-state index contributed by atoms with van der Waals surface area (Å²) in [5.41, 5.74) is 0. The van der Waals surface area contributed by atoms with Crippen molar-refractivity contribution in [3.8, 4) is 0 Å². The van der Waals surface area contributed by atoms with Gasteiger partial charge in [-0.1, -0.05) is 12.8 Å². The number of aliphatic carboxylic acids is 2. The van der Waals surface area contributed by atoms with Crippen LogP contribution in [0.5, 0.6) is 0 Å². The third-order valence-electron chi connectivity index (χ3n) is 12.2. The molecule has 0 aromatic carbocycles. The molecule has 4 fully saturated rings. The second kappa shape index (κ2) is 27.0. The topological polar surface area (TPSA) is 458 Å². The zero-order valence-electron chi connectivity index (χ0n) is 38.7. The Balaban J connectivity index is 1.64. The first-order chi connectivity index (χ1) is 33.0. The Kier molecular flexibility index (Phi) is 22.9. The normalized spacial score (nSPS) is 38.8. The molecule has 4 saturated heterocycles. The minimum atomic E-state index is -3.15. The number of hydrogen-bond donors (Lipinski definition) is 16. The van der Waals surface area contributed by atoms with Crippen LogP contribution in [0.1, 0.15) is 65.7 Å². The molecule has 70 heavy (non-hydrogen) atoms. The van der Waals surface area contributed by atoms with Crippen LogP contribution in [0.4, 0.5) is 0 Å². The number of hydrogen-bond acceptors (Lipinski definition) is 24. The summed E-state index contributed by atoms with van der Waals surface area (Å²) in [6.45, 7) is 0.603. The molecule has 21 atom stereocenters. The van der Waals surface area contributed by atoms with E-state index < -0.39 is 184 Å². The average molecular weight is 1020 g/mol. The lowest BCUT2D eigenvalue weighted by molar-refractivity contribution is -0.391. The third-order valence-corrected chi connectivity index (χ3v) is 12.2. The molecule has 4 aliphatic heterocycles. The lowest BCUT2D eigenvalue weighted by Crippen LogP contribution is -2.71. The van der Waals surface area contributed by atoms with Gasteiger partial charge < -0.3 is 120 Å². The highest BCUT2D eigenvalue weighted by Gasteiger charge is 2.61. The molecule has 404 valence electrons. The lowest BCUT2D eigenvalue weighted by Gasteiger charge is -2.51. The minimum absolute atomic E-state index is 0.0450. The van der Waals surface area contributed by atoms with Crippen molar-refractivity contribution in [2.75, 3.05) is 33.0 Å². The number of carboxylic acid groups (broad SMARTS) is 2. The number of aliphatic hydroxyl groups excluding tert-OH is 11. The van der Waals surface area contributed by atoms with Crippen LogP contribution in [-0.4, -0.2) is 257 Å². The van der Waals surface area contributed by atoms with Crippen molar-refractivity contribution in [3.63, 3.8) is 0 Å². The van der Waals surface area contributed by atoms with Crippen molar-refractivity contribution < 1.29 is 128 Å². The number of amides is 3. The molecule has 0 aromatic rings. The molecular formula is C41H69N3O26. The van der Waals surface area contributed by atoms with E-state index in [2.05, 4.69) is 16.0 Å². The Hall–Kier alpha value is -3.41. The van der Waals surface area contributed by atoms with Crippen LogP contribution < -0.4 is 16.0 Å². The maximum absolute atomic E-state index is 13.1. The smallest absolute Gasteiger partial charge is 0.364 e. The highest BCUT2D eigenvalue weighted by atomic mass is 16.8. The molecule has 4 heterocycles. The van der Waals surface area contributed by atoms with E-state index in [1.807, 2.05) is 0 Å². The summed E-state index contributed by atoms with van der Waals surface area (Å²) in [6.07, 6.45) is -33.3. The first-order valence-electron chi connectivity index (χ1n) is 22.8. The molecule has 0 spiro atoms. The van der Waals surface area contributed by atoms with Gasteiger partial charge >= 0.3 is 11.9 Å². The number of nitrogens with one attached hydrogen (secondary N) is 3. The van der Waals surface area contributed by atoms with E-state index in [9.17, 15) is 85.3 Å². The van der Waals surface area contributed by atoms with Gasteiger partial charge in [0, 0.05) is 39.8 Å².